The Hall–Kier alpha value is -3.01. The number of aliphatic imine (C=N–C) groups is 1. The summed E-state index contributed by atoms with van der Waals surface area (Å²) in [5.41, 5.74) is 7.60. The first-order valence-electron chi connectivity index (χ1n) is 10.2. The van der Waals surface area contributed by atoms with Crippen LogP contribution in [0.5, 0.6) is 0 Å². The van der Waals surface area contributed by atoms with Crippen molar-refractivity contribution in [2.45, 2.75) is 51.5 Å². The highest BCUT2D eigenvalue weighted by Crippen LogP contribution is 2.47. The monoisotopic (exact) mass is 384 g/mol. The van der Waals surface area contributed by atoms with Gasteiger partial charge in [-0.3, -0.25) is 9.79 Å². The third kappa shape index (κ3) is 3.03. The number of hydrogen-bond acceptors (Lipinski definition) is 4. The molecule has 0 saturated heterocycles. The Morgan fingerprint density at radius 2 is 1.79 bits per heavy atom. The molecule has 2 heterocycles. The Bertz CT molecular complexity index is 1130. The third-order valence-corrected chi connectivity index (χ3v) is 6.26. The van der Waals surface area contributed by atoms with Crippen LogP contribution in [0.1, 0.15) is 67.3 Å². The van der Waals surface area contributed by atoms with Crippen LogP contribution in [-0.2, 0) is 10.2 Å². The highest BCUT2D eigenvalue weighted by atomic mass is 16.5. The van der Waals surface area contributed by atoms with Gasteiger partial charge in [-0.05, 0) is 43.2 Å². The van der Waals surface area contributed by atoms with Gasteiger partial charge in [0.05, 0.1) is 17.0 Å². The van der Waals surface area contributed by atoms with Crippen molar-refractivity contribution in [1.29, 1.82) is 0 Å². The van der Waals surface area contributed by atoms with Crippen molar-refractivity contribution in [3.8, 4) is 11.1 Å². The molecular formula is C25H24N2O2. The molecule has 0 radical (unpaired) electrons. The van der Waals surface area contributed by atoms with Crippen molar-refractivity contribution in [3.05, 3.63) is 76.7 Å². The van der Waals surface area contributed by atoms with E-state index in [4.69, 9.17) is 9.52 Å². The van der Waals surface area contributed by atoms with E-state index >= 15 is 0 Å². The van der Waals surface area contributed by atoms with Crippen molar-refractivity contribution in [2.24, 2.45) is 4.99 Å². The second-order valence-electron chi connectivity index (χ2n) is 8.59. The van der Waals surface area contributed by atoms with Gasteiger partial charge in [0.1, 0.15) is 11.8 Å². The van der Waals surface area contributed by atoms with Gasteiger partial charge in [0, 0.05) is 17.5 Å². The predicted octanol–water partition coefficient (Wildman–Crippen LogP) is 5.57. The standard InChI is InChI=1S/C25H24N2O2/c1-15(28)14-21-24-22(16(2)27-29-24)19-6-4-5-7-20(19)23(26-21)17-8-10-18(11-9-17)25(3)12-13-25/h4-11,21H,12-14H2,1-3H3/t21-/m0/s1. The molecule has 0 unspecified atom stereocenters. The summed E-state index contributed by atoms with van der Waals surface area (Å²) in [5, 5.41) is 4.18. The zero-order valence-electron chi connectivity index (χ0n) is 17.0. The molecule has 0 bridgehead atoms. The Balaban J connectivity index is 1.69. The molecular weight excluding hydrogens is 360 g/mol. The van der Waals surface area contributed by atoms with E-state index in [9.17, 15) is 4.79 Å². The van der Waals surface area contributed by atoms with E-state index in [0.29, 0.717) is 17.6 Å². The minimum atomic E-state index is -0.369. The fourth-order valence-corrected chi connectivity index (χ4v) is 4.28. The molecule has 0 N–H and O–H groups in total. The molecule has 1 saturated carbocycles. The lowest BCUT2D eigenvalue weighted by Gasteiger charge is -2.14. The first-order valence-corrected chi connectivity index (χ1v) is 10.2. The van der Waals surface area contributed by atoms with Crippen LogP contribution in [0.2, 0.25) is 0 Å². The van der Waals surface area contributed by atoms with Crippen molar-refractivity contribution < 1.29 is 9.32 Å². The van der Waals surface area contributed by atoms with Gasteiger partial charge in [0.15, 0.2) is 5.76 Å². The number of carbonyl (C=O) groups excluding carboxylic acids is 1. The van der Waals surface area contributed by atoms with E-state index in [1.165, 1.54) is 18.4 Å². The maximum absolute atomic E-state index is 12.0. The summed E-state index contributed by atoms with van der Waals surface area (Å²) in [7, 11) is 0. The van der Waals surface area contributed by atoms with E-state index in [1.807, 2.05) is 19.1 Å². The van der Waals surface area contributed by atoms with Gasteiger partial charge in [0.25, 0.3) is 0 Å². The van der Waals surface area contributed by atoms with Gasteiger partial charge >= 0.3 is 0 Å². The number of carbonyl (C=O) groups is 1. The van der Waals surface area contributed by atoms with Crippen LogP contribution < -0.4 is 0 Å². The summed E-state index contributed by atoms with van der Waals surface area (Å²) < 4.78 is 5.68. The molecule has 5 rings (SSSR count). The predicted molar refractivity (Wildman–Crippen MR) is 113 cm³/mol. The van der Waals surface area contributed by atoms with Gasteiger partial charge in [-0.2, -0.15) is 0 Å². The highest BCUT2D eigenvalue weighted by molar-refractivity contribution is 6.17. The Labute approximate surface area is 170 Å². The van der Waals surface area contributed by atoms with Crippen LogP contribution in [0, 0.1) is 6.92 Å². The molecule has 4 nitrogen and oxygen atoms in total. The quantitative estimate of drug-likeness (QED) is 0.591. The molecule has 29 heavy (non-hydrogen) atoms. The lowest BCUT2D eigenvalue weighted by Crippen LogP contribution is -2.08. The highest BCUT2D eigenvalue weighted by Gasteiger charge is 2.39. The number of rotatable bonds is 4. The van der Waals surface area contributed by atoms with Gasteiger partial charge < -0.3 is 4.52 Å². The molecule has 1 fully saturated rings. The second kappa shape index (κ2) is 6.51. The molecule has 2 aliphatic rings. The first-order chi connectivity index (χ1) is 14.0. The number of nitrogens with zero attached hydrogens (tertiary/aromatic N) is 2. The number of fused-ring (bicyclic) bond motifs is 3. The summed E-state index contributed by atoms with van der Waals surface area (Å²) in [5.74, 6) is 0.767. The van der Waals surface area contributed by atoms with Gasteiger partial charge in [-0.25, -0.2) is 0 Å². The summed E-state index contributed by atoms with van der Waals surface area (Å²) >= 11 is 0. The summed E-state index contributed by atoms with van der Waals surface area (Å²) in [6.07, 6.45) is 2.81. The number of Topliss-reactive ketones (excluding diaryl/α,β-unsaturated/α-hetero) is 1. The zero-order chi connectivity index (χ0) is 20.2. The zero-order valence-corrected chi connectivity index (χ0v) is 17.0. The van der Waals surface area contributed by atoms with Crippen LogP contribution in [0.15, 0.2) is 58.0 Å². The fraction of sp³-hybridized carbons (Fsp3) is 0.320. The van der Waals surface area contributed by atoms with Crippen LogP contribution in [-0.4, -0.2) is 16.7 Å². The number of benzene rings is 2. The van der Waals surface area contributed by atoms with Crippen LogP contribution in [0.4, 0.5) is 0 Å². The third-order valence-electron chi connectivity index (χ3n) is 6.26. The number of aryl methyl sites for hydroxylation is 1. The van der Waals surface area contributed by atoms with Crippen LogP contribution in [0.25, 0.3) is 11.1 Å². The largest absolute Gasteiger partial charge is 0.358 e. The van der Waals surface area contributed by atoms with Crippen LogP contribution in [0.3, 0.4) is 0 Å². The van der Waals surface area contributed by atoms with E-state index in [2.05, 4.69) is 48.5 Å². The van der Waals surface area contributed by atoms with Crippen molar-refractivity contribution in [3.63, 3.8) is 0 Å². The van der Waals surface area contributed by atoms with Gasteiger partial charge in [0.2, 0.25) is 0 Å². The van der Waals surface area contributed by atoms with Crippen LogP contribution >= 0.6 is 0 Å². The Kier molecular flexibility index (Phi) is 4.05. The van der Waals surface area contributed by atoms with Gasteiger partial charge in [-0.15, -0.1) is 0 Å². The molecule has 3 aromatic rings. The van der Waals surface area contributed by atoms with Crippen molar-refractivity contribution in [1.82, 2.24) is 5.16 Å². The average molecular weight is 384 g/mol. The summed E-state index contributed by atoms with van der Waals surface area (Å²) in [6, 6.07) is 16.6. The number of aromatic nitrogens is 1. The average Bonchev–Trinajstić information content (AvgIpc) is 3.38. The maximum Gasteiger partial charge on any atom is 0.169 e. The number of hydrogen-bond donors (Lipinski definition) is 0. The van der Waals surface area contributed by atoms with Gasteiger partial charge in [-0.1, -0.05) is 60.6 Å². The summed E-state index contributed by atoms with van der Waals surface area (Å²) in [6.45, 7) is 5.86. The van der Waals surface area contributed by atoms with Crippen molar-refractivity contribution in [2.75, 3.05) is 0 Å². The topological polar surface area (TPSA) is 55.5 Å². The molecule has 4 heteroatoms. The smallest absolute Gasteiger partial charge is 0.169 e. The first kappa shape index (κ1) is 18.0. The SMILES string of the molecule is CC(=O)C[C@@H]1N=C(c2ccc(C3(C)CC3)cc2)c2ccccc2-c2c(C)noc21. The maximum atomic E-state index is 12.0. The second-order valence-corrected chi connectivity index (χ2v) is 8.59. The minimum absolute atomic E-state index is 0.0843. The molecule has 0 amide bonds. The molecule has 1 atom stereocenters. The molecule has 0 spiro atoms. The van der Waals surface area contributed by atoms with E-state index in [1.54, 1.807) is 6.92 Å². The molecule has 146 valence electrons. The molecule has 1 aliphatic carbocycles. The Morgan fingerprint density at radius 1 is 1.10 bits per heavy atom. The van der Waals surface area contributed by atoms with E-state index < -0.39 is 0 Å². The summed E-state index contributed by atoms with van der Waals surface area (Å²) in [4.78, 5) is 17.0. The van der Waals surface area contributed by atoms with Crippen molar-refractivity contribution >= 4 is 11.5 Å². The normalized spacial score (nSPS) is 19.0. The lowest BCUT2D eigenvalue weighted by atomic mass is 9.91. The van der Waals surface area contributed by atoms with E-state index in [0.717, 1.165) is 33.7 Å². The molecule has 2 aromatic carbocycles. The lowest BCUT2D eigenvalue weighted by molar-refractivity contribution is -0.117. The number of ketones is 1. The Morgan fingerprint density at radius 3 is 2.45 bits per heavy atom. The molecule has 1 aromatic heterocycles. The fourth-order valence-electron chi connectivity index (χ4n) is 4.28. The van der Waals surface area contributed by atoms with E-state index in [-0.39, 0.29) is 11.8 Å². The minimum Gasteiger partial charge on any atom is -0.358 e. The molecule has 1 aliphatic heterocycles.